The third-order valence-electron chi connectivity index (χ3n) is 5.13. The van der Waals surface area contributed by atoms with Gasteiger partial charge >= 0.3 is 6.36 Å². The molecular formula is C22H20F3N3O3. The largest absolute Gasteiger partial charge is 0.573 e. The maximum atomic E-state index is 12.5. The van der Waals surface area contributed by atoms with Crippen molar-refractivity contribution < 1.29 is 27.2 Å². The first-order chi connectivity index (χ1) is 14.7. The van der Waals surface area contributed by atoms with E-state index < -0.39 is 6.36 Å². The van der Waals surface area contributed by atoms with Crippen molar-refractivity contribution in [2.24, 2.45) is 0 Å². The summed E-state index contributed by atoms with van der Waals surface area (Å²) in [6, 6.07) is 13.1. The molecule has 1 atom stereocenters. The zero-order valence-corrected chi connectivity index (χ0v) is 16.9. The van der Waals surface area contributed by atoms with Crippen LogP contribution in [0.15, 0.2) is 53.1 Å². The van der Waals surface area contributed by atoms with E-state index in [1.54, 1.807) is 4.90 Å². The van der Waals surface area contributed by atoms with Crippen molar-refractivity contribution in [3.05, 3.63) is 60.0 Å². The summed E-state index contributed by atoms with van der Waals surface area (Å²) in [5, 5.41) is 3.91. The van der Waals surface area contributed by atoms with Crippen molar-refractivity contribution in [2.45, 2.75) is 38.5 Å². The minimum absolute atomic E-state index is 0.0318. The molecule has 1 aromatic heterocycles. The highest BCUT2D eigenvalue weighted by Crippen LogP contribution is 2.33. The molecule has 0 N–H and O–H groups in total. The minimum Gasteiger partial charge on any atom is -0.406 e. The topological polar surface area (TPSA) is 68.5 Å². The number of benzene rings is 2. The molecule has 2 heterocycles. The van der Waals surface area contributed by atoms with Crippen LogP contribution in [0.1, 0.15) is 43.6 Å². The molecule has 4 rings (SSSR count). The van der Waals surface area contributed by atoms with E-state index in [1.165, 1.54) is 29.8 Å². The Morgan fingerprint density at radius 1 is 1.10 bits per heavy atom. The van der Waals surface area contributed by atoms with E-state index >= 15 is 0 Å². The summed E-state index contributed by atoms with van der Waals surface area (Å²) in [6.45, 7) is 4.63. The van der Waals surface area contributed by atoms with Crippen LogP contribution in [-0.4, -0.2) is 29.0 Å². The van der Waals surface area contributed by atoms with Crippen LogP contribution in [0.2, 0.25) is 0 Å². The van der Waals surface area contributed by atoms with Crippen molar-refractivity contribution >= 4 is 11.6 Å². The number of ether oxygens (including phenoxy) is 1. The molecule has 1 fully saturated rings. The average molecular weight is 431 g/mol. The van der Waals surface area contributed by atoms with Crippen LogP contribution in [-0.2, 0) is 4.79 Å². The zero-order valence-electron chi connectivity index (χ0n) is 16.9. The van der Waals surface area contributed by atoms with Gasteiger partial charge in [-0.25, -0.2) is 0 Å². The monoisotopic (exact) mass is 431 g/mol. The standard InChI is InChI=1S/C22H20F3N3O3/c1-13(2)14-3-7-17(8-4-14)28-12-16(11-19(28)29)21-26-20(27-31-21)15-5-9-18(10-6-15)30-22(23,24)25/h3-10,13,16H,11-12H2,1-2H3. The van der Waals surface area contributed by atoms with Crippen LogP contribution >= 0.6 is 0 Å². The van der Waals surface area contributed by atoms with E-state index in [1.807, 2.05) is 24.3 Å². The summed E-state index contributed by atoms with van der Waals surface area (Å²) in [6.07, 6.45) is -4.51. The van der Waals surface area contributed by atoms with Crippen LogP contribution in [0, 0.1) is 0 Å². The third kappa shape index (κ3) is 4.70. The molecule has 0 aliphatic carbocycles. The minimum atomic E-state index is -4.75. The van der Waals surface area contributed by atoms with Gasteiger partial charge in [0.2, 0.25) is 17.6 Å². The van der Waals surface area contributed by atoms with Gasteiger partial charge in [0, 0.05) is 24.2 Å². The molecule has 31 heavy (non-hydrogen) atoms. The second-order valence-electron chi connectivity index (χ2n) is 7.68. The second-order valence-corrected chi connectivity index (χ2v) is 7.68. The molecule has 1 unspecified atom stereocenters. The molecule has 0 bridgehead atoms. The van der Waals surface area contributed by atoms with E-state index in [4.69, 9.17) is 4.52 Å². The van der Waals surface area contributed by atoms with E-state index in [-0.39, 0.29) is 29.8 Å². The fourth-order valence-corrected chi connectivity index (χ4v) is 3.49. The molecule has 1 saturated heterocycles. The van der Waals surface area contributed by atoms with Gasteiger partial charge in [-0.05, 0) is 47.9 Å². The van der Waals surface area contributed by atoms with E-state index in [0.29, 0.717) is 23.9 Å². The maximum Gasteiger partial charge on any atom is 0.573 e. The summed E-state index contributed by atoms with van der Waals surface area (Å²) < 4.78 is 46.1. The summed E-state index contributed by atoms with van der Waals surface area (Å²) in [5.74, 6) is 0.338. The summed E-state index contributed by atoms with van der Waals surface area (Å²) in [7, 11) is 0. The highest BCUT2D eigenvalue weighted by Gasteiger charge is 2.35. The van der Waals surface area contributed by atoms with Gasteiger partial charge in [-0.2, -0.15) is 4.98 Å². The Labute approximate surface area is 176 Å². The van der Waals surface area contributed by atoms with Gasteiger partial charge < -0.3 is 14.2 Å². The number of aromatic nitrogens is 2. The van der Waals surface area contributed by atoms with Crippen LogP contribution in [0.4, 0.5) is 18.9 Å². The Morgan fingerprint density at radius 2 is 1.77 bits per heavy atom. The normalized spacial score (nSPS) is 16.9. The van der Waals surface area contributed by atoms with Crippen molar-refractivity contribution in [3.63, 3.8) is 0 Å². The molecule has 1 amide bonds. The average Bonchev–Trinajstić information content (AvgIpc) is 3.34. The van der Waals surface area contributed by atoms with Gasteiger partial charge in [0.05, 0.1) is 5.92 Å². The Kier molecular flexibility index (Phi) is 5.43. The third-order valence-corrected chi connectivity index (χ3v) is 5.13. The van der Waals surface area contributed by atoms with E-state index in [2.05, 4.69) is 28.7 Å². The number of nitrogens with zero attached hydrogens (tertiary/aromatic N) is 3. The lowest BCUT2D eigenvalue weighted by molar-refractivity contribution is -0.274. The van der Waals surface area contributed by atoms with E-state index in [9.17, 15) is 18.0 Å². The van der Waals surface area contributed by atoms with Crippen molar-refractivity contribution in [3.8, 4) is 17.1 Å². The quantitative estimate of drug-likeness (QED) is 0.550. The lowest BCUT2D eigenvalue weighted by atomic mass is 10.0. The van der Waals surface area contributed by atoms with Crippen LogP contribution in [0.25, 0.3) is 11.4 Å². The molecule has 3 aromatic rings. The predicted molar refractivity (Wildman–Crippen MR) is 107 cm³/mol. The van der Waals surface area contributed by atoms with Gasteiger partial charge in [-0.15, -0.1) is 13.2 Å². The number of alkyl halides is 3. The number of halogens is 3. The highest BCUT2D eigenvalue weighted by atomic mass is 19.4. The molecule has 9 heteroatoms. The molecule has 0 radical (unpaired) electrons. The lowest BCUT2D eigenvalue weighted by Crippen LogP contribution is -2.24. The SMILES string of the molecule is CC(C)c1ccc(N2CC(c3nc(-c4ccc(OC(F)(F)F)cc4)no3)CC2=O)cc1. The molecular weight excluding hydrogens is 411 g/mol. The number of amides is 1. The van der Waals surface area contributed by atoms with Gasteiger partial charge in [0.1, 0.15) is 5.75 Å². The maximum absolute atomic E-state index is 12.5. The molecule has 6 nitrogen and oxygen atoms in total. The second kappa shape index (κ2) is 8.05. The van der Waals surface area contributed by atoms with Crippen molar-refractivity contribution in [2.75, 3.05) is 11.4 Å². The Bertz CT molecular complexity index is 1060. The van der Waals surface area contributed by atoms with Crippen LogP contribution in [0.5, 0.6) is 5.75 Å². The highest BCUT2D eigenvalue weighted by molar-refractivity contribution is 5.96. The first kappa shape index (κ1) is 20.9. The van der Waals surface area contributed by atoms with Crippen LogP contribution < -0.4 is 9.64 Å². The number of carbonyl (C=O) groups excluding carboxylic acids is 1. The molecule has 1 aliphatic heterocycles. The Balaban J connectivity index is 1.46. The summed E-state index contributed by atoms with van der Waals surface area (Å²) in [4.78, 5) is 18.6. The molecule has 162 valence electrons. The first-order valence-corrected chi connectivity index (χ1v) is 9.80. The number of carbonyl (C=O) groups is 1. The number of hydrogen-bond donors (Lipinski definition) is 0. The van der Waals surface area contributed by atoms with E-state index in [0.717, 1.165) is 5.69 Å². The number of anilines is 1. The van der Waals surface area contributed by atoms with Crippen molar-refractivity contribution in [1.29, 1.82) is 0 Å². The van der Waals surface area contributed by atoms with Gasteiger partial charge in [0.15, 0.2) is 0 Å². The Morgan fingerprint density at radius 3 is 2.39 bits per heavy atom. The number of hydrogen-bond acceptors (Lipinski definition) is 5. The predicted octanol–water partition coefficient (Wildman–Crippen LogP) is 5.28. The summed E-state index contributed by atoms with van der Waals surface area (Å²) in [5.41, 5.74) is 2.49. The van der Waals surface area contributed by atoms with Gasteiger partial charge in [0.25, 0.3) is 0 Å². The zero-order chi connectivity index (χ0) is 22.2. The fourth-order valence-electron chi connectivity index (χ4n) is 3.49. The molecule has 1 aliphatic rings. The fraction of sp³-hybridized carbons (Fsp3) is 0.318. The molecule has 0 spiro atoms. The molecule has 2 aromatic carbocycles. The van der Waals surface area contributed by atoms with Crippen molar-refractivity contribution in [1.82, 2.24) is 10.1 Å². The number of rotatable bonds is 5. The Hall–Kier alpha value is -3.36. The van der Waals surface area contributed by atoms with Gasteiger partial charge in [-0.3, -0.25) is 4.79 Å². The summed E-state index contributed by atoms with van der Waals surface area (Å²) >= 11 is 0. The smallest absolute Gasteiger partial charge is 0.406 e. The van der Waals surface area contributed by atoms with Crippen LogP contribution in [0.3, 0.4) is 0 Å². The first-order valence-electron chi connectivity index (χ1n) is 9.80. The molecule has 0 saturated carbocycles. The lowest BCUT2D eigenvalue weighted by Gasteiger charge is -2.17. The van der Waals surface area contributed by atoms with Gasteiger partial charge in [-0.1, -0.05) is 31.1 Å².